The number of hydrogen-bond donors (Lipinski definition) is 1. The topological polar surface area (TPSA) is 39.1 Å². The van der Waals surface area contributed by atoms with Gasteiger partial charge in [0, 0.05) is 11.8 Å². The first kappa shape index (κ1) is 13.6. The van der Waals surface area contributed by atoms with E-state index in [1.165, 1.54) is 5.56 Å². The van der Waals surface area contributed by atoms with E-state index in [4.69, 9.17) is 4.74 Å². The number of benzene rings is 1. The van der Waals surface area contributed by atoms with Crippen LogP contribution in [0.1, 0.15) is 24.2 Å². The molecule has 0 fully saturated rings. The molecule has 0 aliphatic heterocycles. The van der Waals surface area contributed by atoms with Crippen molar-refractivity contribution in [2.45, 2.75) is 26.4 Å². The van der Waals surface area contributed by atoms with Gasteiger partial charge in [0.05, 0.1) is 24.9 Å². The average Bonchev–Trinajstić information content (AvgIpc) is 2.83. The monoisotopic (exact) mass is 259 g/mol. The molecular weight excluding hydrogens is 238 g/mol. The summed E-state index contributed by atoms with van der Waals surface area (Å²) in [5.41, 5.74) is 2.20. The van der Waals surface area contributed by atoms with Crippen molar-refractivity contribution in [3.05, 3.63) is 47.8 Å². The number of hydrogen-bond acceptors (Lipinski definition) is 3. The van der Waals surface area contributed by atoms with E-state index in [2.05, 4.69) is 16.5 Å². The summed E-state index contributed by atoms with van der Waals surface area (Å²) in [6.45, 7) is 5.46. The van der Waals surface area contributed by atoms with E-state index in [0.29, 0.717) is 6.61 Å². The lowest BCUT2D eigenvalue weighted by Gasteiger charge is -2.20. The minimum absolute atomic E-state index is 0.182. The molecule has 0 saturated heterocycles. The van der Waals surface area contributed by atoms with Crippen molar-refractivity contribution in [1.29, 1.82) is 0 Å². The summed E-state index contributed by atoms with van der Waals surface area (Å²) in [4.78, 5) is 0. The summed E-state index contributed by atoms with van der Waals surface area (Å²) in [5.74, 6) is 0.938. The van der Waals surface area contributed by atoms with Crippen LogP contribution in [-0.4, -0.2) is 23.4 Å². The Labute approximate surface area is 114 Å². The lowest BCUT2D eigenvalue weighted by atomic mass is 10.1. The quantitative estimate of drug-likeness (QED) is 0.866. The van der Waals surface area contributed by atoms with E-state index < -0.39 is 0 Å². The summed E-state index contributed by atoms with van der Waals surface area (Å²) in [7, 11) is 1.96. The summed E-state index contributed by atoms with van der Waals surface area (Å²) in [6.07, 6.45) is 2.00. The standard InChI is InChI=1S/C15H21N3O/c1-4-19-15-8-6-5-7-13(15)14(16-3)11-18-10-9-12(2)17-18/h5-10,14,16H,4,11H2,1-3H3. The van der Waals surface area contributed by atoms with Crippen molar-refractivity contribution >= 4 is 0 Å². The van der Waals surface area contributed by atoms with Crippen molar-refractivity contribution in [1.82, 2.24) is 15.1 Å². The van der Waals surface area contributed by atoms with Gasteiger partial charge in [-0.15, -0.1) is 0 Å². The maximum Gasteiger partial charge on any atom is 0.124 e. The summed E-state index contributed by atoms with van der Waals surface area (Å²) < 4.78 is 7.65. The molecule has 2 aromatic rings. The highest BCUT2D eigenvalue weighted by atomic mass is 16.5. The van der Waals surface area contributed by atoms with Gasteiger partial charge >= 0.3 is 0 Å². The summed E-state index contributed by atoms with van der Waals surface area (Å²) in [5, 5.41) is 7.77. The zero-order valence-electron chi connectivity index (χ0n) is 11.8. The maximum absolute atomic E-state index is 5.69. The number of ether oxygens (including phenoxy) is 1. The third-order valence-electron chi connectivity index (χ3n) is 3.09. The highest BCUT2D eigenvalue weighted by molar-refractivity contribution is 5.35. The Morgan fingerprint density at radius 1 is 1.32 bits per heavy atom. The van der Waals surface area contributed by atoms with Gasteiger partial charge in [0.15, 0.2) is 0 Å². The average molecular weight is 259 g/mol. The molecule has 4 heteroatoms. The molecule has 0 aliphatic carbocycles. The number of para-hydroxylation sites is 1. The summed E-state index contributed by atoms with van der Waals surface area (Å²) >= 11 is 0. The molecule has 1 heterocycles. The van der Waals surface area contributed by atoms with Crippen LogP contribution in [0.15, 0.2) is 36.5 Å². The summed E-state index contributed by atoms with van der Waals surface area (Å²) in [6, 6.07) is 10.3. The molecule has 102 valence electrons. The van der Waals surface area contributed by atoms with Gasteiger partial charge in [-0.05, 0) is 33.0 Å². The zero-order chi connectivity index (χ0) is 13.7. The fourth-order valence-corrected chi connectivity index (χ4v) is 2.15. The lowest BCUT2D eigenvalue weighted by molar-refractivity contribution is 0.328. The van der Waals surface area contributed by atoms with Crippen molar-refractivity contribution < 1.29 is 4.74 Å². The molecule has 2 rings (SSSR count). The van der Waals surface area contributed by atoms with Gasteiger partial charge in [-0.3, -0.25) is 4.68 Å². The van der Waals surface area contributed by atoms with Gasteiger partial charge in [-0.1, -0.05) is 18.2 Å². The SMILES string of the molecule is CCOc1ccccc1C(Cn1ccc(C)n1)NC. The molecule has 0 bridgehead atoms. The van der Waals surface area contributed by atoms with Gasteiger partial charge in [-0.25, -0.2) is 0 Å². The second-order valence-electron chi connectivity index (χ2n) is 4.49. The van der Waals surface area contributed by atoms with E-state index in [0.717, 1.165) is 18.0 Å². The normalized spacial score (nSPS) is 12.4. The first-order valence-corrected chi connectivity index (χ1v) is 6.63. The molecule has 0 amide bonds. The molecule has 0 aliphatic rings. The number of nitrogens with one attached hydrogen (secondary N) is 1. The van der Waals surface area contributed by atoms with Gasteiger partial charge in [0.1, 0.15) is 5.75 Å². The maximum atomic E-state index is 5.69. The van der Waals surface area contributed by atoms with E-state index >= 15 is 0 Å². The fourth-order valence-electron chi connectivity index (χ4n) is 2.15. The van der Waals surface area contributed by atoms with Gasteiger partial charge in [0.2, 0.25) is 0 Å². The van der Waals surface area contributed by atoms with Crippen LogP contribution < -0.4 is 10.1 Å². The Balaban J connectivity index is 2.21. The molecule has 19 heavy (non-hydrogen) atoms. The lowest BCUT2D eigenvalue weighted by Crippen LogP contribution is -2.23. The van der Waals surface area contributed by atoms with E-state index in [-0.39, 0.29) is 6.04 Å². The van der Waals surface area contributed by atoms with Crippen LogP contribution in [0.25, 0.3) is 0 Å². The number of likely N-dealkylation sites (N-methyl/N-ethyl adjacent to an activating group) is 1. The highest BCUT2D eigenvalue weighted by Crippen LogP contribution is 2.26. The van der Waals surface area contributed by atoms with E-state index in [1.54, 1.807) is 0 Å². The molecule has 0 radical (unpaired) electrons. The number of aromatic nitrogens is 2. The number of aryl methyl sites for hydroxylation is 1. The molecular formula is C15H21N3O. The van der Waals surface area contributed by atoms with Gasteiger partial charge < -0.3 is 10.1 Å². The third-order valence-corrected chi connectivity index (χ3v) is 3.09. The minimum Gasteiger partial charge on any atom is -0.494 e. The minimum atomic E-state index is 0.182. The molecule has 1 aromatic carbocycles. The highest BCUT2D eigenvalue weighted by Gasteiger charge is 2.15. The Morgan fingerprint density at radius 2 is 2.11 bits per heavy atom. The largest absolute Gasteiger partial charge is 0.494 e. The fraction of sp³-hybridized carbons (Fsp3) is 0.400. The number of rotatable bonds is 6. The van der Waals surface area contributed by atoms with Crippen LogP contribution in [0.5, 0.6) is 5.75 Å². The van der Waals surface area contributed by atoms with Crippen LogP contribution in [0, 0.1) is 6.92 Å². The van der Waals surface area contributed by atoms with Crippen molar-refractivity contribution in [3.63, 3.8) is 0 Å². The molecule has 1 N–H and O–H groups in total. The Morgan fingerprint density at radius 3 is 2.74 bits per heavy atom. The molecule has 1 unspecified atom stereocenters. The smallest absolute Gasteiger partial charge is 0.124 e. The van der Waals surface area contributed by atoms with Crippen molar-refractivity contribution in [3.8, 4) is 5.75 Å². The van der Waals surface area contributed by atoms with Crippen LogP contribution >= 0.6 is 0 Å². The Kier molecular flexibility index (Phi) is 4.58. The molecule has 4 nitrogen and oxygen atoms in total. The van der Waals surface area contributed by atoms with Crippen LogP contribution in [-0.2, 0) is 6.54 Å². The second-order valence-corrected chi connectivity index (χ2v) is 4.49. The molecule has 1 aromatic heterocycles. The Bertz CT molecular complexity index is 522. The zero-order valence-corrected chi connectivity index (χ0v) is 11.8. The predicted octanol–water partition coefficient (Wildman–Crippen LogP) is 2.55. The first-order valence-electron chi connectivity index (χ1n) is 6.63. The predicted molar refractivity (Wildman–Crippen MR) is 76.4 cm³/mol. The molecule has 1 atom stereocenters. The van der Waals surface area contributed by atoms with E-state index in [9.17, 15) is 0 Å². The van der Waals surface area contributed by atoms with Gasteiger partial charge in [-0.2, -0.15) is 5.10 Å². The number of nitrogens with zero attached hydrogens (tertiary/aromatic N) is 2. The third kappa shape index (κ3) is 3.35. The van der Waals surface area contributed by atoms with Crippen LogP contribution in [0.2, 0.25) is 0 Å². The molecule has 0 saturated carbocycles. The van der Waals surface area contributed by atoms with Crippen LogP contribution in [0.3, 0.4) is 0 Å². The van der Waals surface area contributed by atoms with E-state index in [1.807, 2.05) is 56.0 Å². The first-order chi connectivity index (χ1) is 9.24. The van der Waals surface area contributed by atoms with Gasteiger partial charge in [0.25, 0.3) is 0 Å². The van der Waals surface area contributed by atoms with Crippen LogP contribution in [0.4, 0.5) is 0 Å². The van der Waals surface area contributed by atoms with Crippen molar-refractivity contribution in [2.24, 2.45) is 0 Å². The van der Waals surface area contributed by atoms with Crippen molar-refractivity contribution in [2.75, 3.05) is 13.7 Å². The second kappa shape index (κ2) is 6.38. The Hall–Kier alpha value is -1.81. The molecule has 0 spiro atoms.